The minimum Gasteiger partial charge on any atom is -0.469 e. The van der Waals surface area contributed by atoms with E-state index in [-0.39, 0.29) is 31.5 Å². The van der Waals surface area contributed by atoms with E-state index in [1.807, 2.05) is 30.3 Å². The van der Waals surface area contributed by atoms with Crippen molar-refractivity contribution in [2.45, 2.75) is 18.9 Å². The van der Waals surface area contributed by atoms with Crippen LogP contribution in [0.3, 0.4) is 0 Å². The zero-order chi connectivity index (χ0) is 13.7. The standard InChI is InChI=1S/C14H15NO4/c1-18-13(16)8-7-11-14(17)19-9-12(15-11)10-5-3-2-4-6-10/h2-6,12H,7-9H2,1H3/t12-/m0/s1. The first-order valence-electron chi connectivity index (χ1n) is 6.06. The summed E-state index contributed by atoms with van der Waals surface area (Å²) in [6, 6.07) is 9.42. The molecule has 1 aromatic carbocycles. The second-order valence-electron chi connectivity index (χ2n) is 4.18. The maximum Gasteiger partial charge on any atom is 0.352 e. The fourth-order valence-electron chi connectivity index (χ4n) is 1.85. The van der Waals surface area contributed by atoms with Crippen LogP contribution in [-0.4, -0.2) is 31.4 Å². The normalized spacial score (nSPS) is 18.5. The third-order valence-corrected chi connectivity index (χ3v) is 2.90. The van der Waals surface area contributed by atoms with E-state index in [2.05, 4.69) is 9.73 Å². The molecule has 0 aliphatic carbocycles. The molecule has 1 aliphatic heterocycles. The predicted octanol–water partition coefficient (Wildman–Crippen LogP) is 1.68. The van der Waals surface area contributed by atoms with Gasteiger partial charge in [0.2, 0.25) is 0 Å². The monoisotopic (exact) mass is 261 g/mol. The number of hydrogen-bond acceptors (Lipinski definition) is 5. The van der Waals surface area contributed by atoms with Gasteiger partial charge in [0.25, 0.3) is 0 Å². The molecular weight excluding hydrogens is 246 g/mol. The van der Waals surface area contributed by atoms with Gasteiger partial charge in [0, 0.05) is 6.42 Å². The minimum absolute atomic E-state index is 0.131. The Bertz CT molecular complexity index is 495. The van der Waals surface area contributed by atoms with Crippen molar-refractivity contribution < 1.29 is 19.1 Å². The van der Waals surface area contributed by atoms with E-state index in [1.165, 1.54) is 7.11 Å². The molecule has 19 heavy (non-hydrogen) atoms. The topological polar surface area (TPSA) is 65.0 Å². The lowest BCUT2D eigenvalue weighted by Gasteiger charge is -2.20. The molecule has 0 saturated heterocycles. The van der Waals surface area contributed by atoms with Gasteiger partial charge in [-0.25, -0.2) is 4.79 Å². The number of ether oxygens (including phenoxy) is 2. The molecule has 0 saturated carbocycles. The van der Waals surface area contributed by atoms with Gasteiger partial charge in [-0.2, -0.15) is 0 Å². The van der Waals surface area contributed by atoms with E-state index < -0.39 is 5.97 Å². The van der Waals surface area contributed by atoms with Crippen molar-refractivity contribution in [3.05, 3.63) is 35.9 Å². The van der Waals surface area contributed by atoms with Crippen molar-refractivity contribution in [3.8, 4) is 0 Å². The Kier molecular flexibility index (Phi) is 4.28. The van der Waals surface area contributed by atoms with Crippen LogP contribution in [0.5, 0.6) is 0 Å². The third kappa shape index (κ3) is 3.40. The molecule has 5 nitrogen and oxygen atoms in total. The second kappa shape index (κ2) is 6.13. The Morgan fingerprint density at radius 3 is 2.84 bits per heavy atom. The molecule has 100 valence electrons. The number of carbonyl (C=O) groups is 2. The van der Waals surface area contributed by atoms with E-state index >= 15 is 0 Å². The summed E-state index contributed by atoms with van der Waals surface area (Å²) in [5.41, 5.74) is 1.29. The fraction of sp³-hybridized carbons (Fsp3) is 0.357. The number of aliphatic imine (C=N–C) groups is 1. The largest absolute Gasteiger partial charge is 0.469 e. The molecule has 0 N–H and O–H groups in total. The van der Waals surface area contributed by atoms with Crippen LogP contribution in [-0.2, 0) is 19.1 Å². The lowest BCUT2D eigenvalue weighted by atomic mass is 10.1. The van der Waals surface area contributed by atoms with E-state index in [4.69, 9.17) is 4.74 Å². The minimum atomic E-state index is -0.448. The van der Waals surface area contributed by atoms with Gasteiger partial charge in [-0.15, -0.1) is 0 Å². The quantitative estimate of drug-likeness (QED) is 0.773. The van der Waals surface area contributed by atoms with Gasteiger partial charge in [0.05, 0.1) is 13.5 Å². The smallest absolute Gasteiger partial charge is 0.352 e. The summed E-state index contributed by atoms with van der Waals surface area (Å²) >= 11 is 0. The fourth-order valence-corrected chi connectivity index (χ4v) is 1.85. The lowest BCUT2D eigenvalue weighted by molar-refractivity contribution is -0.140. The highest BCUT2D eigenvalue weighted by Crippen LogP contribution is 2.22. The number of esters is 2. The van der Waals surface area contributed by atoms with E-state index in [0.717, 1.165) is 5.56 Å². The van der Waals surface area contributed by atoms with Gasteiger partial charge in [0.15, 0.2) is 0 Å². The van der Waals surface area contributed by atoms with Crippen LogP contribution in [0, 0.1) is 0 Å². The summed E-state index contributed by atoms with van der Waals surface area (Å²) in [7, 11) is 1.32. The van der Waals surface area contributed by atoms with E-state index in [0.29, 0.717) is 5.71 Å². The summed E-state index contributed by atoms with van der Waals surface area (Å²) < 4.78 is 9.64. The zero-order valence-corrected chi connectivity index (χ0v) is 10.7. The van der Waals surface area contributed by atoms with Crippen LogP contribution in [0.4, 0.5) is 0 Å². The first kappa shape index (κ1) is 13.3. The van der Waals surface area contributed by atoms with Crippen molar-refractivity contribution in [3.63, 3.8) is 0 Å². The van der Waals surface area contributed by atoms with Crippen LogP contribution in [0.2, 0.25) is 0 Å². The number of rotatable bonds is 4. The highest BCUT2D eigenvalue weighted by molar-refractivity contribution is 6.37. The van der Waals surface area contributed by atoms with Crippen LogP contribution in [0.15, 0.2) is 35.3 Å². The third-order valence-electron chi connectivity index (χ3n) is 2.90. The second-order valence-corrected chi connectivity index (χ2v) is 4.18. The summed E-state index contributed by atoms with van der Waals surface area (Å²) in [5, 5.41) is 0. The molecule has 0 bridgehead atoms. The molecule has 1 heterocycles. The summed E-state index contributed by atoms with van der Waals surface area (Å²) in [6.45, 7) is 0.241. The molecule has 0 fully saturated rings. The van der Waals surface area contributed by atoms with Crippen LogP contribution in [0.1, 0.15) is 24.4 Å². The Morgan fingerprint density at radius 2 is 2.16 bits per heavy atom. The zero-order valence-electron chi connectivity index (χ0n) is 10.7. The van der Waals surface area contributed by atoms with Crippen LogP contribution < -0.4 is 0 Å². The molecule has 0 unspecified atom stereocenters. The highest BCUT2D eigenvalue weighted by Gasteiger charge is 2.24. The van der Waals surface area contributed by atoms with Crippen molar-refractivity contribution in [1.82, 2.24) is 0 Å². The van der Waals surface area contributed by atoms with Crippen LogP contribution in [0.25, 0.3) is 0 Å². The molecule has 2 rings (SSSR count). The average molecular weight is 261 g/mol. The van der Waals surface area contributed by atoms with Gasteiger partial charge >= 0.3 is 11.9 Å². The number of carbonyl (C=O) groups excluding carboxylic acids is 2. The number of benzene rings is 1. The lowest BCUT2D eigenvalue weighted by Crippen LogP contribution is -2.27. The summed E-state index contributed by atoms with van der Waals surface area (Å²) in [5.74, 6) is -0.812. The predicted molar refractivity (Wildman–Crippen MR) is 68.8 cm³/mol. The maximum atomic E-state index is 11.6. The van der Waals surface area contributed by atoms with E-state index in [9.17, 15) is 9.59 Å². The number of methoxy groups -OCH3 is 1. The van der Waals surface area contributed by atoms with Crippen LogP contribution >= 0.6 is 0 Å². The number of cyclic esters (lactones) is 1. The Hall–Kier alpha value is -2.17. The van der Waals surface area contributed by atoms with Gasteiger partial charge in [-0.05, 0) is 5.56 Å². The maximum absolute atomic E-state index is 11.6. The van der Waals surface area contributed by atoms with Gasteiger partial charge < -0.3 is 9.47 Å². The summed E-state index contributed by atoms with van der Waals surface area (Å²) in [6.07, 6.45) is 0.376. The number of hydrogen-bond donors (Lipinski definition) is 0. The molecule has 1 aromatic rings. The van der Waals surface area contributed by atoms with Crippen molar-refractivity contribution >= 4 is 17.7 Å². The van der Waals surface area contributed by atoms with Crippen molar-refractivity contribution in [2.24, 2.45) is 4.99 Å². The SMILES string of the molecule is COC(=O)CCC1=N[C@H](c2ccccc2)COC1=O. The molecule has 0 amide bonds. The Labute approximate surface area is 111 Å². The van der Waals surface area contributed by atoms with Gasteiger partial charge in [-0.1, -0.05) is 30.3 Å². The molecule has 1 aliphatic rings. The Balaban J connectivity index is 2.09. The first-order valence-corrected chi connectivity index (χ1v) is 6.06. The molecule has 5 heteroatoms. The average Bonchev–Trinajstić information content (AvgIpc) is 2.47. The van der Waals surface area contributed by atoms with Gasteiger partial charge in [-0.3, -0.25) is 9.79 Å². The van der Waals surface area contributed by atoms with E-state index in [1.54, 1.807) is 0 Å². The molecule has 0 spiro atoms. The van der Waals surface area contributed by atoms with Gasteiger partial charge in [0.1, 0.15) is 18.4 Å². The highest BCUT2D eigenvalue weighted by atomic mass is 16.5. The molecule has 1 atom stereocenters. The van der Waals surface area contributed by atoms with Crippen molar-refractivity contribution in [1.29, 1.82) is 0 Å². The molecule has 0 aromatic heterocycles. The Morgan fingerprint density at radius 1 is 1.42 bits per heavy atom. The summed E-state index contributed by atoms with van der Waals surface area (Å²) in [4.78, 5) is 27.0. The number of nitrogens with zero attached hydrogens (tertiary/aromatic N) is 1. The molecular formula is C14H15NO4. The van der Waals surface area contributed by atoms with Crippen molar-refractivity contribution in [2.75, 3.05) is 13.7 Å². The first-order chi connectivity index (χ1) is 9.20. The molecule has 0 radical (unpaired) electrons.